The molecular weight excluding hydrogens is 366 g/mol. The van der Waals surface area contributed by atoms with Gasteiger partial charge in [-0.1, -0.05) is 6.07 Å². The van der Waals surface area contributed by atoms with Gasteiger partial charge in [0.15, 0.2) is 11.5 Å². The van der Waals surface area contributed by atoms with Crippen LogP contribution in [0.2, 0.25) is 0 Å². The summed E-state index contributed by atoms with van der Waals surface area (Å²) in [5.41, 5.74) is 1.97. The van der Waals surface area contributed by atoms with Gasteiger partial charge in [-0.3, -0.25) is 0 Å². The molecule has 0 saturated heterocycles. The van der Waals surface area contributed by atoms with E-state index in [0.29, 0.717) is 22.8 Å². The molecule has 7 heteroatoms. The molecule has 1 aromatic heterocycles. The van der Waals surface area contributed by atoms with E-state index in [-0.39, 0.29) is 6.61 Å². The van der Waals surface area contributed by atoms with Gasteiger partial charge in [0.25, 0.3) is 0 Å². The summed E-state index contributed by atoms with van der Waals surface area (Å²) in [5, 5.41) is 2.72. The Kier molecular flexibility index (Phi) is 5.93. The van der Waals surface area contributed by atoms with Crippen LogP contribution in [0.25, 0.3) is 10.6 Å². The number of benzene rings is 2. The second-order valence-corrected chi connectivity index (χ2v) is 6.35. The number of hydrogen-bond donors (Lipinski definition) is 0. The quantitative estimate of drug-likeness (QED) is 0.568. The zero-order valence-electron chi connectivity index (χ0n) is 15.2. The first kappa shape index (κ1) is 18.7. The lowest BCUT2D eigenvalue weighted by atomic mass is 10.2. The summed E-state index contributed by atoms with van der Waals surface area (Å²) in [6, 6.07) is 12.7. The molecule has 0 saturated carbocycles. The fraction of sp³-hybridized carbons (Fsp3) is 0.200. The highest BCUT2D eigenvalue weighted by Crippen LogP contribution is 2.31. The van der Waals surface area contributed by atoms with Crippen molar-refractivity contribution in [3.8, 4) is 27.8 Å². The summed E-state index contributed by atoms with van der Waals surface area (Å²) >= 11 is 1.49. The summed E-state index contributed by atoms with van der Waals surface area (Å²) < 4.78 is 21.0. The minimum absolute atomic E-state index is 0.0753. The summed E-state index contributed by atoms with van der Waals surface area (Å²) in [6.07, 6.45) is 0. The van der Waals surface area contributed by atoms with Crippen LogP contribution in [-0.2, 0) is 11.3 Å². The van der Waals surface area contributed by atoms with Crippen molar-refractivity contribution >= 4 is 17.3 Å². The van der Waals surface area contributed by atoms with Crippen molar-refractivity contribution in [2.45, 2.75) is 6.61 Å². The summed E-state index contributed by atoms with van der Waals surface area (Å²) in [7, 11) is 4.63. The van der Waals surface area contributed by atoms with Gasteiger partial charge >= 0.3 is 5.97 Å². The minimum atomic E-state index is -0.496. The lowest BCUT2D eigenvalue weighted by Crippen LogP contribution is -2.08. The Labute approximate surface area is 161 Å². The largest absolute Gasteiger partial charge is 0.497 e. The van der Waals surface area contributed by atoms with E-state index in [1.165, 1.54) is 25.6 Å². The highest BCUT2D eigenvalue weighted by atomic mass is 32.1. The zero-order valence-corrected chi connectivity index (χ0v) is 16.0. The maximum absolute atomic E-state index is 12.4. The molecule has 0 aliphatic rings. The van der Waals surface area contributed by atoms with Gasteiger partial charge in [-0.15, -0.1) is 11.3 Å². The van der Waals surface area contributed by atoms with E-state index in [0.717, 1.165) is 16.3 Å². The first-order valence-corrected chi connectivity index (χ1v) is 9.01. The van der Waals surface area contributed by atoms with Gasteiger partial charge in [0.1, 0.15) is 22.9 Å². The molecule has 2 aromatic carbocycles. The third-order valence-corrected chi connectivity index (χ3v) is 4.80. The predicted molar refractivity (Wildman–Crippen MR) is 103 cm³/mol. The fourth-order valence-corrected chi connectivity index (χ4v) is 3.32. The Hall–Kier alpha value is -3.06. The van der Waals surface area contributed by atoms with Crippen molar-refractivity contribution in [3.05, 3.63) is 59.1 Å². The van der Waals surface area contributed by atoms with Crippen molar-refractivity contribution in [2.75, 3.05) is 21.3 Å². The second kappa shape index (κ2) is 8.55. The first-order chi connectivity index (χ1) is 13.2. The van der Waals surface area contributed by atoms with Gasteiger partial charge < -0.3 is 18.9 Å². The van der Waals surface area contributed by atoms with E-state index >= 15 is 0 Å². The molecule has 0 atom stereocenters. The third kappa shape index (κ3) is 4.20. The summed E-state index contributed by atoms with van der Waals surface area (Å²) in [6.45, 7) is 0.0753. The first-order valence-electron chi connectivity index (χ1n) is 8.13. The number of para-hydroxylation sites is 1. The van der Waals surface area contributed by atoms with Gasteiger partial charge in [0.2, 0.25) is 0 Å². The van der Waals surface area contributed by atoms with Crippen LogP contribution in [0.5, 0.6) is 17.2 Å². The number of carbonyl (C=O) groups excluding carboxylic acids is 1. The lowest BCUT2D eigenvalue weighted by Gasteiger charge is -2.11. The standard InChI is InChI=1S/C20H19NO5S/c1-23-15-9-7-13(8-10-15)19-21-14(12-27-19)11-26-20(22)16-5-4-6-17(24-2)18(16)25-3/h4-10,12H,11H2,1-3H3. The molecular formula is C20H19NO5S. The van der Waals surface area contributed by atoms with Gasteiger partial charge in [0, 0.05) is 10.9 Å². The molecule has 0 N–H and O–H groups in total. The second-order valence-electron chi connectivity index (χ2n) is 5.49. The molecule has 0 bridgehead atoms. The van der Waals surface area contributed by atoms with Crippen LogP contribution < -0.4 is 14.2 Å². The van der Waals surface area contributed by atoms with Crippen molar-refractivity contribution in [3.63, 3.8) is 0 Å². The smallest absolute Gasteiger partial charge is 0.342 e. The van der Waals surface area contributed by atoms with E-state index in [1.807, 2.05) is 29.6 Å². The molecule has 27 heavy (non-hydrogen) atoms. The summed E-state index contributed by atoms with van der Waals surface area (Å²) in [4.78, 5) is 16.9. The molecule has 6 nitrogen and oxygen atoms in total. The fourth-order valence-electron chi connectivity index (χ4n) is 2.50. The molecule has 0 unspecified atom stereocenters. The molecule has 1 heterocycles. The molecule has 0 fully saturated rings. The minimum Gasteiger partial charge on any atom is -0.497 e. The van der Waals surface area contributed by atoms with Crippen molar-refractivity contribution in [1.29, 1.82) is 0 Å². The number of thiazole rings is 1. The van der Waals surface area contributed by atoms with Gasteiger partial charge in [-0.25, -0.2) is 9.78 Å². The summed E-state index contributed by atoms with van der Waals surface area (Å²) in [5.74, 6) is 1.12. The number of nitrogens with zero attached hydrogens (tertiary/aromatic N) is 1. The van der Waals surface area contributed by atoms with Crippen LogP contribution in [0.3, 0.4) is 0 Å². The number of ether oxygens (including phenoxy) is 4. The van der Waals surface area contributed by atoms with Crippen LogP contribution in [-0.4, -0.2) is 32.3 Å². The Morgan fingerprint density at radius 2 is 1.78 bits per heavy atom. The average molecular weight is 385 g/mol. The Balaban J connectivity index is 1.69. The van der Waals surface area contributed by atoms with E-state index < -0.39 is 5.97 Å². The average Bonchev–Trinajstić information content (AvgIpc) is 3.20. The molecule has 3 rings (SSSR count). The topological polar surface area (TPSA) is 66.9 Å². The highest BCUT2D eigenvalue weighted by Gasteiger charge is 2.18. The van der Waals surface area contributed by atoms with Gasteiger partial charge in [-0.05, 0) is 36.4 Å². The van der Waals surface area contributed by atoms with Crippen LogP contribution in [0.1, 0.15) is 16.1 Å². The van der Waals surface area contributed by atoms with Crippen LogP contribution in [0.4, 0.5) is 0 Å². The van der Waals surface area contributed by atoms with E-state index in [2.05, 4.69) is 4.98 Å². The van der Waals surface area contributed by atoms with Crippen molar-refractivity contribution in [2.24, 2.45) is 0 Å². The number of aromatic nitrogens is 1. The lowest BCUT2D eigenvalue weighted by molar-refractivity contribution is 0.0464. The Morgan fingerprint density at radius 3 is 2.44 bits per heavy atom. The number of hydrogen-bond acceptors (Lipinski definition) is 7. The zero-order chi connectivity index (χ0) is 19.2. The number of rotatable bonds is 7. The monoisotopic (exact) mass is 385 g/mol. The highest BCUT2D eigenvalue weighted by molar-refractivity contribution is 7.13. The van der Waals surface area contributed by atoms with Crippen LogP contribution in [0.15, 0.2) is 47.8 Å². The van der Waals surface area contributed by atoms with Crippen molar-refractivity contribution in [1.82, 2.24) is 4.98 Å². The maximum Gasteiger partial charge on any atom is 0.342 e. The van der Waals surface area contributed by atoms with Gasteiger partial charge in [-0.2, -0.15) is 0 Å². The normalized spacial score (nSPS) is 10.3. The predicted octanol–water partition coefficient (Wildman–Crippen LogP) is 4.19. The van der Waals surface area contributed by atoms with Crippen LogP contribution in [0, 0.1) is 0 Å². The number of carbonyl (C=O) groups is 1. The van der Waals surface area contributed by atoms with E-state index in [1.54, 1.807) is 25.3 Å². The molecule has 0 radical (unpaired) electrons. The van der Waals surface area contributed by atoms with E-state index in [4.69, 9.17) is 18.9 Å². The third-order valence-electron chi connectivity index (χ3n) is 3.86. The van der Waals surface area contributed by atoms with E-state index in [9.17, 15) is 4.79 Å². The Bertz CT molecular complexity index is 920. The Morgan fingerprint density at radius 1 is 1.00 bits per heavy atom. The van der Waals surface area contributed by atoms with Crippen LogP contribution >= 0.6 is 11.3 Å². The molecule has 0 aliphatic heterocycles. The molecule has 0 aliphatic carbocycles. The SMILES string of the molecule is COc1ccc(-c2nc(COC(=O)c3cccc(OC)c3OC)cs2)cc1. The molecule has 3 aromatic rings. The molecule has 140 valence electrons. The number of esters is 1. The molecule has 0 amide bonds. The molecule has 0 spiro atoms. The van der Waals surface area contributed by atoms with Gasteiger partial charge in [0.05, 0.1) is 27.0 Å². The number of methoxy groups -OCH3 is 3. The maximum atomic E-state index is 12.4. The van der Waals surface area contributed by atoms with Crippen molar-refractivity contribution < 1.29 is 23.7 Å².